The van der Waals surface area contributed by atoms with E-state index in [1.807, 2.05) is 0 Å². The number of hydrogen-bond acceptors (Lipinski definition) is 12. The molecule has 1 aliphatic heterocycles. The summed E-state index contributed by atoms with van der Waals surface area (Å²) in [6, 6.07) is 12.2. The number of alkyl halides is 37. The number of aliphatic hydroxyl groups is 1. The molecule has 8 aromatic rings. The van der Waals surface area contributed by atoms with Crippen molar-refractivity contribution in [2.45, 2.75) is 87.5 Å². The van der Waals surface area contributed by atoms with Crippen LogP contribution in [0.5, 0.6) is 5.75 Å². The summed E-state index contributed by atoms with van der Waals surface area (Å²) in [5.41, 5.74) is -22.1. The summed E-state index contributed by atoms with van der Waals surface area (Å²) >= 11 is 8.04. The summed E-state index contributed by atoms with van der Waals surface area (Å²) in [6.07, 6.45) is -59.6. The van der Waals surface area contributed by atoms with Gasteiger partial charge in [-0.2, -0.15) is 163 Å². The van der Waals surface area contributed by atoms with Gasteiger partial charge in [-0.25, -0.2) is 4.79 Å². The number of ether oxygens (including phenoxy) is 3. The average Bonchev–Trinajstić information content (AvgIpc) is 1.49. The van der Waals surface area contributed by atoms with Crippen LogP contribution < -0.4 is 4.74 Å². The Kier molecular flexibility index (Phi) is 32.7. The number of aliphatic hydroxyl groups excluding tert-OH is 1. The van der Waals surface area contributed by atoms with Crippen molar-refractivity contribution in [2.24, 2.45) is 0 Å². The van der Waals surface area contributed by atoms with Gasteiger partial charge in [-0.3, -0.25) is 24.0 Å². The molecule has 0 spiro atoms. The van der Waals surface area contributed by atoms with Crippen molar-refractivity contribution in [1.29, 1.82) is 0 Å². The molecule has 654 valence electrons. The van der Waals surface area contributed by atoms with Crippen molar-refractivity contribution in [1.82, 2.24) is 4.98 Å². The molecule has 0 aliphatic carbocycles. The van der Waals surface area contributed by atoms with Crippen LogP contribution in [0.15, 0.2) is 156 Å². The Morgan fingerprint density at radius 2 is 0.675 bits per heavy atom. The van der Waals surface area contributed by atoms with Crippen LogP contribution >= 0.6 is 27.5 Å². The zero-order valence-electron chi connectivity index (χ0n) is 57.6. The molecule has 12 nitrogen and oxygen atoms in total. The van der Waals surface area contributed by atoms with E-state index < -0.39 is 212 Å². The van der Waals surface area contributed by atoms with Crippen LogP contribution in [0.4, 0.5) is 163 Å². The third kappa shape index (κ3) is 31.4. The number of nitrogens with zero attached hydrogens (tertiary/aromatic N) is 1. The van der Waals surface area contributed by atoms with Crippen LogP contribution in [0.3, 0.4) is 0 Å². The highest BCUT2D eigenvalue weighted by Crippen LogP contribution is 2.45. The second kappa shape index (κ2) is 38.7. The molecule has 2 heterocycles. The van der Waals surface area contributed by atoms with Gasteiger partial charge in [0.25, 0.3) is 5.35 Å². The summed E-state index contributed by atoms with van der Waals surface area (Å²) < 4.78 is 469. The normalized spacial score (nSPS) is 13.0. The Bertz CT molecular complexity index is 4720. The molecule has 1 aliphatic rings. The van der Waals surface area contributed by atoms with E-state index in [0.717, 1.165) is 19.4 Å². The number of aromatic nitrogens is 1. The molecule has 0 unspecified atom stereocenters. The molecule has 50 heteroatoms. The van der Waals surface area contributed by atoms with Crippen LogP contribution in [0.25, 0.3) is 16.8 Å². The van der Waals surface area contributed by atoms with Gasteiger partial charge in [0, 0.05) is 33.4 Å². The van der Waals surface area contributed by atoms with Crippen molar-refractivity contribution < 1.29 is 211 Å². The van der Waals surface area contributed by atoms with Gasteiger partial charge in [0.15, 0.2) is 29.7 Å². The van der Waals surface area contributed by atoms with Crippen molar-refractivity contribution in [3.05, 3.63) is 252 Å². The summed E-state index contributed by atoms with van der Waals surface area (Å²) in [5, 5.41) is 7.72. The van der Waals surface area contributed by atoms with Crippen molar-refractivity contribution >= 4 is 68.4 Å². The van der Waals surface area contributed by atoms with Gasteiger partial charge in [0.1, 0.15) is 24.3 Å². The highest BCUT2D eigenvalue weighted by Gasteiger charge is 2.44. The Balaban J connectivity index is 0.000000305. The minimum atomic E-state index is -5.09. The minimum Gasteiger partial charge on any atom is -0.436 e. The number of para-hydroxylation sites is 1. The average molecular weight is 1870 g/mol. The lowest BCUT2D eigenvalue weighted by Crippen LogP contribution is -2.19. The van der Waals surface area contributed by atoms with Crippen molar-refractivity contribution in [3.8, 4) is 17.0 Å². The number of benzene rings is 7. The molecule has 7 aromatic carbocycles. The van der Waals surface area contributed by atoms with E-state index in [9.17, 15) is 187 Å². The third-order valence-corrected chi connectivity index (χ3v) is 14.9. The quantitative estimate of drug-likeness (QED) is 0.0427. The van der Waals surface area contributed by atoms with E-state index in [2.05, 4.69) is 39.5 Å². The fourth-order valence-electron chi connectivity index (χ4n) is 8.67. The van der Waals surface area contributed by atoms with Crippen LogP contribution in [0.2, 0.25) is 5.35 Å². The Morgan fingerprint density at radius 3 is 0.925 bits per heavy atom. The molecule has 0 radical (unpaired) electrons. The maximum Gasteiger partial charge on any atom is 0.514 e. The van der Waals surface area contributed by atoms with E-state index in [1.54, 1.807) is 6.07 Å². The molecule has 1 aromatic heterocycles. The number of ketones is 4. The number of rotatable bonds is 11. The smallest absolute Gasteiger partial charge is 0.436 e. The lowest BCUT2D eigenvalue weighted by atomic mass is 9.98. The van der Waals surface area contributed by atoms with Gasteiger partial charge in [0.05, 0.1) is 84.8 Å². The Hall–Kier alpha value is -10.9. The number of carbonyl (C=O) groups is 6. The first-order valence-corrected chi connectivity index (χ1v) is 32.2. The minimum absolute atomic E-state index is 0.0214. The highest BCUT2D eigenvalue weighted by atomic mass is 79.9. The maximum absolute atomic E-state index is 12.8. The number of halogens is 38. The number of Topliss-reactive ketones (excluding diaryl/α,β-unsaturated/α-hetero) is 4. The summed E-state index contributed by atoms with van der Waals surface area (Å²) in [4.78, 5) is 70.7. The number of oxazole rings is 1. The molecule has 120 heavy (non-hydrogen) atoms. The van der Waals surface area contributed by atoms with Crippen molar-refractivity contribution in [2.75, 3.05) is 18.5 Å². The molecular formula is C70H37BrClF36NO11. The van der Waals surface area contributed by atoms with Crippen molar-refractivity contribution in [3.63, 3.8) is 0 Å². The second-order valence-electron chi connectivity index (χ2n) is 23.1. The number of esters is 1. The summed E-state index contributed by atoms with van der Waals surface area (Å²) in [5.74, 6) is -4.84. The van der Waals surface area contributed by atoms with Crippen LogP contribution in [-0.2, 0) is 88.4 Å². The summed E-state index contributed by atoms with van der Waals surface area (Å²) in [6.45, 7) is -1.36. The zero-order chi connectivity index (χ0) is 92.2. The van der Waals surface area contributed by atoms with Gasteiger partial charge in [0.2, 0.25) is 0 Å². The predicted molar refractivity (Wildman–Crippen MR) is 340 cm³/mol. The molecule has 0 saturated heterocycles. The first kappa shape index (κ1) is 101. The van der Waals surface area contributed by atoms with Crippen LogP contribution in [0, 0.1) is 0 Å². The molecule has 0 atom stereocenters. The molecular weight excluding hydrogens is 1830 g/mol. The first-order chi connectivity index (χ1) is 54.2. The molecule has 1 N–H and O–H groups in total. The molecule has 9 rings (SSSR count). The van der Waals surface area contributed by atoms with Crippen LogP contribution in [-0.4, -0.2) is 63.9 Å². The largest absolute Gasteiger partial charge is 0.514 e. The molecule has 0 fully saturated rings. The number of hydrogen-bond donors (Lipinski definition) is 1. The lowest BCUT2D eigenvalue weighted by molar-refractivity contribution is -0.144. The third-order valence-electron chi connectivity index (χ3n) is 14.2. The first-order valence-electron chi connectivity index (χ1n) is 30.7. The van der Waals surface area contributed by atoms with E-state index in [1.165, 1.54) is 24.3 Å². The fourth-order valence-corrected chi connectivity index (χ4v) is 9.13. The number of cyclic esters (lactones) is 1. The zero-order valence-corrected chi connectivity index (χ0v) is 59.9. The molecule has 0 saturated carbocycles. The number of carbonyl (C=O) groups excluding carboxylic acids is 6. The summed E-state index contributed by atoms with van der Waals surface area (Å²) in [7, 11) is 0. The standard InChI is InChI=1S/C17H10F6O4.C12H6F6O2.C11H4ClF6NO.C10H5BrF6O.C10H6F6O2.C10H6F6O/c18-16(19,20)11-6-10(7-12(8-11)17(21,22)23)14(24)9-26-15(25)27-13-4-2-1-3-5-13;13-11(14,15)8-1-6(7-3-10(19)20-5-7)2-9(4-8)12(16,17)18;12-9-19-8(4-20-9)5-1-6(10(13,14)15)3-7(2-5)11(16,17)18;11-4-8(18)5-1-6(9(12,13)14)3-7(2-5)10(15,16)17;11-9(12,13)6-1-5(8(18)4-17)2-7(3-6)10(14,15)16;1-5(17)6-2-7(9(11,12)13)4-8(3-6)10(14,15)16/h1-8H,9H2;1-2,4-5H,3H2;1-4H;1-3H,4H2;1-3,17H,4H2;2-4H,1H3. The predicted octanol–water partition coefficient (Wildman–Crippen LogP) is 25.3. The van der Waals surface area contributed by atoms with Gasteiger partial charge in [-0.1, -0.05) is 34.1 Å². The van der Waals surface area contributed by atoms with E-state index in [0.29, 0.717) is 48.5 Å². The molecule has 0 bridgehead atoms. The van der Waals surface area contributed by atoms with Gasteiger partial charge in [-0.05, 0) is 145 Å². The Labute approximate surface area is 657 Å². The maximum atomic E-state index is 12.8. The van der Waals surface area contributed by atoms with E-state index >= 15 is 0 Å². The van der Waals surface area contributed by atoms with E-state index in [-0.39, 0.29) is 106 Å². The monoisotopic (exact) mass is 1870 g/mol. The topological polar surface area (TPSA) is 176 Å². The van der Waals surface area contributed by atoms with Gasteiger partial charge >= 0.3 is 86.2 Å². The Morgan fingerprint density at radius 1 is 0.400 bits per heavy atom. The van der Waals surface area contributed by atoms with Gasteiger partial charge < -0.3 is 23.7 Å². The van der Waals surface area contributed by atoms with E-state index in [4.69, 9.17) is 16.7 Å². The SMILES string of the molecule is CC(=O)c1cc(C(F)(F)F)cc(C(F)(F)F)c1.FC(F)(F)c1cc(-c2coc(Cl)n2)cc(C(F)(F)F)c1.O=C(CBr)c1cc(C(F)(F)F)cc(C(F)(F)F)c1.O=C(CO)c1cc(C(F)(F)F)cc(C(F)(F)F)c1.O=C(OCC(=O)c1cc(C(F)(F)F)cc(C(F)(F)F)c1)Oc1ccccc1.O=C1CC(c2cc(C(F)(F)F)cc(C(F)(F)F)c2)=CO1. The van der Waals surface area contributed by atoms with Crippen LogP contribution in [0.1, 0.15) is 127 Å². The molecule has 0 amide bonds. The second-order valence-corrected chi connectivity index (χ2v) is 24.0. The fraction of sp³-hybridized carbons (Fsp3) is 0.243. The highest BCUT2D eigenvalue weighted by molar-refractivity contribution is 9.09. The van der Waals surface area contributed by atoms with Gasteiger partial charge in [-0.15, -0.1) is 0 Å². The lowest BCUT2D eigenvalue weighted by Gasteiger charge is -2.14.